The third-order valence-electron chi connectivity index (χ3n) is 1.85. The van der Waals surface area contributed by atoms with Crippen LogP contribution in [0.5, 0.6) is 0 Å². The summed E-state index contributed by atoms with van der Waals surface area (Å²) < 4.78 is 13.4. The van der Waals surface area contributed by atoms with E-state index in [1.54, 1.807) is 12.1 Å². The molecule has 1 aromatic rings. The van der Waals surface area contributed by atoms with Gasteiger partial charge in [-0.25, -0.2) is 4.39 Å². The summed E-state index contributed by atoms with van der Waals surface area (Å²) in [5.74, 6) is 2.33. The predicted molar refractivity (Wildman–Crippen MR) is 59.4 cm³/mol. The van der Waals surface area contributed by atoms with Gasteiger partial charge >= 0.3 is 0 Å². The SMILES string of the molecule is C#CC(NCC)c1ccc(F)c(Br)c1. The summed E-state index contributed by atoms with van der Waals surface area (Å²) >= 11 is 3.12. The molecular weight excluding hydrogens is 245 g/mol. The van der Waals surface area contributed by atoms with Crippen molar-refractivity contribution in [2.75, 3.05) is 6.54 Å². The quantitative estimate of drug-likeness (QED) is 0.820. The Morgan fingerprint density at radius 1 is 1.64 bits per heavy atom. The van der Waals surface area contributed by atoms with E-state index in [4.69, 9.17) is 6.42 Å². The fourth-order valence-electron chi connectivity index (χ4n) is 1.17. The second-order valence-electron chi connectivity index (χ2n) is 2.83. The molecule has 1 rings (SSSR count). The van der Waals surface area contributed by atoms with Crippen molar-refractivity contribution in [3.63, 3.8) is 0 Å². The van der Waals surface area contributed by atoms with E-state index in [9.17, 15) is 4.39 Å². The Hall–Kier alpha value is -0.850. The fourth-order valence-corrected chi connectivity index (χ4v) is 1.57. The van der Waals surface area contributed by atoms with Crippen LogP contribution in [0.3, 0.4) is 0 Å². The number of halogens is 2. The lowest BCUT2D eigenvalue weighted by atomic mass is 10.1. The molecule has 1 nitrogen and oxygen atoms in total. The highest BCUT2D eigenvalue weighted by Gasteiger charge is 2.08. The topological polar surface area (TPSA) is 12.0 Å². The average molecular weight is 256 g/mol. The van der Waals surface area contributed by atoms with Crippen molar-refractivity contribution < 1.29 is 4.39 Å². The first-order chi connectivity index (χ1) is 6.69. The molecule has 1 unspecified atom stereocenters. The summed E-state index contributed by atoms with van der Waals surface area (Å²) in [5, 5.41) is 3.12. The molecule has 1 atom stereocenters. The summed E-state index contributed by atoms with van der Waals surface area (Å²) in [5.41, 5.74) is 0.891. The van der Waals surface area contributed by atoms with Gasteiger partial charge in [-0.1, -0.05) is 18.9 Å². The van der Waals surface area contributed by atoms with E-state index < -0.39 is 0 Å². The second-order valence-corrected chi connectivity index (χ2v) is 3.69. The van der Waals surface area contributed by atoms with Gasteiger partial charge in [-0.2, -0.15) is 0 Å². The molecule has 0 saturated carbocycles. The summed E-state index contributed by atoms with van der Waals surface area (Å²) in [4.78, 5) is 0. The third kappa shape index (κ3) is 2.57. The van der Waals surface area contributed by atoms with Gasteiger partial charge in [0.15, 0.2) is 0 Å². The van der Waals surface area contributed by atoms with Gasteiger partial charge in [-0.05, 0) is 40.2 Å². The van der Waals surface area contributed by atoms with Crippen LogP contribution in [0.4, 0.5) is 4.39 Å². The minimum absolute atomic E-state index is 0.156. The zero-order chi connectivity index (χ0) is 10.6. The van der Waals surface area contributed by atoms with Crippen molar-refractivity contribution in [3.8, 4) is 12.3 Å². The van der Waals surface area contributed by atoms with E-state index in [1.807, 2.05) is 6.92 Å². The molecule has 0 heterocycles. The molecule has 0 aliphatic heterocycles. The van der Waals surface area contributed by atoms with Gasteiger partial charge < -0.3 is 5.32 Å². The lowest BCUT2D eigenvalue weighted by Gasteiger charge is -2.12. The Labute approximate surface area is 91.8 Å². The number of benzene rings is 1. The predicted octanol–water partition coefficient (Wildman–Crippen LogP) is 2.87. The molecule has 1 N–H and O–H groups in total. The molecule has 74 valence electrons. The number of nitrogens with one attached hydrogen (secondary N) is 1. The molecule has 0 aromatic heterocycles. The Morgan fingerprint density at radius 2 is 2.36 bits per heavy atom. The second kappa shape index (κ2) is 5.14. The first-order valence-corrected chi connectivity index (χ1v) is 5.12. The van der Waals surface area contributed by atoms with Crippen molar-refractivity contribution in [1.29, 1.82) is 0 Å². The van der Waals surface area contributed by atoms with Crippen LogP contribution in [0.25, 0.3) is 0 Å². The minimum atomic E-state index is -0.277. The van der Waals surface area contributed by atoms with E-state index in [2.05, 4.69) is 27.2 Å². The Bertz CT molecular complexity index is 357. The normalized spacial score (nSPS) is 12.1. The highest BCUT2D eigenvalue weighted by atomic mass is 79.9. The van der Waals surface area contributed by atoms with Crippen LogP contribution in [-0.4, -0.2) is 6.54 Å². The van der Waals surface area contributed by atoms with Crippen LogP contribution in [-0.2, 0) is 0 Å². The highest BCUT2D eigenvalue weighted by molar-refractivity contribution is 9.10. The molecule has 0 saturated heterocycles. The third-order valence-corrected chi connectivity index (χ3v) is 2.46. The first-order valence-electron chi connectivity index (χ1n) is 4.33. The van der Waals surface area contributed by atoms with Gasteiger partial charge in [0.05, 0.1) is 10.5 Å². The van der Waals surface area contributed by atoms with Crippen LogP contribution in [0, 0.1) is 18.2 Å². The van der Waals surface area contributed by atoms with Crippen molar-refractivity contribution in [2.24, 2.45) is 0 Å². The van der Waals surface area contributed by atoms with E-state index in [1.165, 1.54) is 6.07 Å². The fraction of sp³-hybridized carbons (Fsp3) is 0.273. The van der Waals surface area contributed by atoms with Crippen LogP contribution >= 0.6 is 15.9 Å². The number of hydrogen-bond acceptors (Lipinski definition) is 1. The molecule has 0 aliphatic rings. The van der Waals surface area contributed by atoms with Crippen molar-refractivity contribution >= 4 is 15.9 Å². The largest absolute Gasteiger partial charge is 0.300 e. The molecule has 0 spiro atoms. The maximum absolute atomic E-state index is 12.9. The Morgan fingerprint density at radius 3 is 2.86 bits per heavy atom. The molecule has 0 radical (unpaired) electrons. The summed E-state index contributed by atoms with van der Waals surface area (Å²) in [7, 11) is 0. The van der Waals surface area contributed by atoms with Crippen LogP contribution in [0.1, 0.15) is 18.5 Å². The van der Waals surface area contributed by atoms with E-state index in [0.29, 0.717) is 4.47 Å². The molecular formula is C11H11BrFN. The zero-order valence-corrected chi connectivity index (χ0v) is 9.44. The number of rotatable bonds is 3. The molecule has 1 aromatic carbocycles. The van der Waals surface area contributed by atoms with Crippen molar-refractivity contribution in [2.45, 2.75) is 13.0 Å². The Kier molecular flexibility index (Phi) is 4.12. The molecule has 0 bridgehead atoms. The number of hydrogen-bond donors (Lipinski definition) is 1. The minimum Gasteiger partial charge on any atom is -0.300 e. The summed E-state index contributed by atoms with van der Waals surface area (Å²) in [6, 6.07) is 4.63. The van der Waals surface area contributed by atoms with E-state index in [0.717, 1.165) is 12.1 Å². The van der Waals surface area contributed by atoms with Crippen molar-refractivity contribution in [3.05, 3.63) is 34.1 Å². The smallest absolute Gasteiger partial charge is 0.137 e. The molecule has 0 aliphatic carbocycles. The van der Waals surface area contributed by atoms with Gasteiger partial charge in [0.1, 0.15) is 5.82 Å². The molecule has 0 amide bonds. The van der Waals surface area contributed by atoms with Crippen LogP contribution in [0.2, 0.25) is 0 Å². The number of terminal acetylenes is 1. The van der Waals surface area contributed by atoms with Gasteiger partial charge in [0.25, 0.3) is 0 Å². The van der Waals surface area contributed by atoms with Crippen LogP contribution in [0.15, 0.2) is 22.7 Å². The summed E-state index contributed by atoms with van der Waals surface area (Å²) in [6.45, 7) is 2.76. The maximum Gasteiger partial charge on any atom is 0.137 e. The molecule has 0 fully saturated rings. The maximum atomic E-state index is 12.9. The van der Waals surface area contributed by atoms with E-state index >= 15 is 0 Å². The molecule has 14 heavy (non-hydrogen) atoms. The Balaban J connectivity index is 2.95. The standard InChI is InChI=1S/C11H11BrFN/c1-3-11(14-4-2)8-5-6-10(13)9(12)7-8/h1,5-7,11,14H,4H2,2H3. The molecule has 3 heteroatoms. The van der Waals surface area contributed by atoms with E-state index in [-0.39, 0.29) is 11.9 Å². The van der Waals surface area contributed by atoms with Crippen LogP contribution < -0.4 is 5.32 Å². The van der Waals surface area contributed by atoms with Gasteiger partial charge in [0.2, 0.25) is 0 Å². The average Bonchev–Trinajstić information content (AvgIpc) is 2.19. The highest BCUT2D eigenvalue weighted by Crippen LogP contribution is 2.20. The first kappa shape index (κ1) is 11.2. The van der Waals surface area contributed by atoms with Gasteiger partial charge in [-0.3, -0.25) is 0 Å². The van der Waals surface area contributed by atoms with Gasteiger partial charge in [-0.15, -0.1) is 6.42 Å². The zero-order valence-electron chi connectivity index (χ0n) is 7.85. The summed E-state index contributed by atoms with van der Waals surface area (Å²) in [6.07, 6.45) is 5.36. The van der Waals surface area contributed by atoms with Gasteiger partial charge in [0, 0.05) is 0 Å². The van der Waals surface area contributed by atoms with Crippen molar-refractivity contribution in [1.82, 2.24) is 5.32 Å². The monoisotopic (exact) mass is 255 g/mol. The lowest BCUT2D eigenvalue weighted by Crippen LogP contribution is -2.19. The lowest BCUT2D eigenvalue weighted by molar-refractivity contribution is 0.615.